The minimum atomic E-state index is -0.769. The third kappa shape index (κ3) is 2.60. The van der Waals surface area contributed by atoms with E-state index in [4.69, 9.17) is 5.73 Å². The molecule has 0 aromatic rings. The highest BCUT2D eigenvalue weighted by Gasteiger charge is 2.47. The molecule has 0 aromatic heterocycles. The maximum absolute atomic E-state index is 12.1. The van der Waals surface area contributed by atoms with Gasteiger partial charge in [0.15, 0.2) is 0 Å². The molecule has 17 heavy (non-hydrogen) atoms. The van der Waals surface area contributed by atoms with Crippen LogP contribution >= 0.6 is 0 Å². The summed E-state index contributed by atoms with van der Waals surface area (Å²) in [4.78, 5) is 25.1. The maximum Gasteiger partial charge on any atom is 0.325 e. The molecule has 98 valence electrons. The highest BCUT2D eigenvalue weighted by molar-refractivity contribution is 6.06. The van der Waals surface area contributed by atoms with Crippen LogP contribution in [0.25, 0.3) is 0 Å². The van der Waals surface area contributed by atoms with Crippen molar-refractivity contribution in [2.45, 2.75) is 52.6 Å². The lowest BCUT2D eigenvalue weighted by atomic mass is 9.87. The first-order valence-corrected chi connectivity index (χ1v) is 6.01. The van der Waals surface area contributed by atoms with E-state index in [-0.39, 0.29) is 29.9 Å². The summed E-state index contributed by atoms with van der Waals surface area (Å²) in [6, 6.07) is -0.560. The second-order valence-corrected chi connectivity index (χ2v) is 6.00. The van der Waals surface area contributed by atoms with E-state index in [0.29, 0.717) is 6.42 Å². The van der Waals surface area contributed by atoms with E-state index in [0.717, 1.165) is 0 Å². The zero-order valence-corrected chi connectivity index (χ0v) is 11.3. The fourth-order valence-corrected chi connectivity index (χ4v) is 1.62. The molecule has 1 fully saturated rings. The lowest BCUT2D eigenvalue weighted by Gasteiger charge is -2.30. The molecule has 0 spiro atoms. The SMILES string of the molecule is CCC1(C)NC(=O)N(CC(N)C(C)(C)C)C1=O. The fourth-order valence-electron chi connectivity index (χ4n) is 1.62. The van der Waals surface area contributed by atoms with E-state index < -0.39 is 5.54 Å². The van der Waals surface area contributed by atoms with Crippen molar-refractivity contribution in [1.29, 1.82) is 0 Å². The molecule has 5 heteroatoms. The molecule has 0 aliphatic carbocycles. The Hall–Kier alpha value is -1.10. The molecule has 3 amide bonds. The molecule has 3 N–H and O–H groups in total. The second kappa shape index (κ2) is 4.29. The van der Waals surface area contributed by atoms with Crippen LogP contribution in [0.15, 0.2) is 0 Å². The monoisotopic (exact) mass is 241 g/mol. The molecule has 1 aliphatic rings. The van der Waals surface area contributed by atoms with Gasteiger partial charge in [-0.2, -0.15) is 0 Å². The molecule has 1 aliphatic heterocycles. The summed E-state index contributed by atoms with van der Waals surface area (Å²) in [5.41, 5.74) is 5.11. The predicted octanol–water partition coefficient (Wildman–Crippen LogP) is 1.08. The van der Waals surface area contributed by atoms with Gasteiger partial charge in [-0.05, 0) is 18.8 Å². The smallest absolute Gasteiger partial charge is 0.325 e. The first-order chi connectivity index (χ1) is 7.62. The van der Waals surface area contributed by atoms with Gasteiger partial charge in [0.05, 0.1) is 0 Å². The highest BCUT2D eigenvalue weighted by Crippen LogP contribution is 2.24. The van der Waals surface area contributed by atoms with Crippen LogP contribution in [0.2, 0.25) is 0 Å². The number of imide groups is 1. The molecular formula is C12H23N3O2. The molecule has 2 atom stereocenters. The lowest BCUT2D eigenvalue weighted by molar-refractivity contribution is -0.131. The third-order valence-corrected chi connectivity index (χ3v) is 3.54. The topological polar surface area (TPSA) is 75.4 Å². The maximum atomic E-state index is 12.1. The molecule has 5 nitrogen and oxygen atoms in total. The Kier molecular flexibility index (Phi) is 3.52. The van der Waals surface area contributed by atoms with Gasteiger partial charge in [-0.3, -0.25) is 9.69 Å². The van der Waals surface area contributed by atoms with Crippen molar-refractivity contribution in [1.82, 2.24) is 10.2 Å². The average Bonchev–Trinajstić information content (AvgIpc) is 2.41. The summed E-state index contributed by atoms with van der Waals surface area (Å²) in [5.74, 6) is -0.176. The van der Waals surface area contributed by atoms with Crippen LogP contribution in [0.4, 0.5) is 4.79 Å². The van der Waals surface area contributed by atoms with Gasteiger partial charge in [0, 0.05) is 12.6 Å². The van der Waals surface area contributed by atoms with Crippen LogP contribution in [0.5, 0.6) is 0 Å². The minimum Gasteiger partial charge on any atom is -0.326 e. The van der Waals surface area contributed by atoms with E-state index in [1.807, 2.05) is 27.7 Å². The first-order valence-electron chi connectivity index (χ1n) is 6.01. The number of hydrogen-bond acceptors (Lipinski definition) is 3. The normalized spacial score (nSPS) is 27.3. The number of urea groups is 1. The van der Waals surface area contributed by atoms with E-state index in [1.165, 1.54) is 4.90 Å². The average molecular weight is 241 g/mol. The number of carbonyl (C=O) groups is 2. The third-order valence-electron chi connectivity index (χ3n) is 3.54. The summed E-state index contributed by atoms with van der Waals surface area (Å²) in [6.45, 7) is 9.88. The molecule has 1 saturated heterocycles. The molecule has 0 aromatic carbocycles. The van der Waals surface area contributed by atoms with Crippen LogP contribution in [-0.2, 0) is 4.79 Å². The number of carbonyl (C=O) groups excluding carboxylic acids is 2. The van der Waals surface area contributed by atoms with Crippen molar-refractivity contribution in [2.24, 2.45) is 11.1 Å². The highest BCUT2D eigenvalue weighted by atomic mass is 16.2. The van der Waals surface area contributed by atoms with Crippen molar-refractivity contribution in [2.75, 3.05) is 6.54 Å². The van der Waals surface area contributed by atoms with E-state index in [2.05, 4.69) is 5.32 Å². The Bertz CT molecular complexity index is 335. The largest absolute Gasteiger partial charge is 0.326 e. The molecule has 1 heterocycles. The Morgan fingerprint density at radius 1 is 1.41 bits per heavy atom. The van der Waals surface area contributed by atoms with Gasteiger partial charge in [-0.15, -0.1) is 0 Å². The number of amides is 3. The Labute approximate surface area is 103 Å². The first kappa shape index (κ1) is 14.0. The van der Waals surface area contributed by atoms with Crippen molar-refractivity contribution < 1.29 is 9.59 Å². The lowest BCUT2D eigenvalue weighted by Crippen LogP contribution is -2.48. The fraction of sp³-hybridized carbons (Fsp3) is 0.833. The van der Waals surface area contributed by atoms with Gasteiger partial charge in [0.25, 0.3) is 5.91 Å². The quantitative estimate of drug-likeness (QED) is 0.726. The van der Waals surface area contributed by atoms with Crippen molar-refractivity contribution in [3.8, 4) is 0 Å². The van der Waals surface area contributed by atoms with Gasteiger partial charge in [-0.25, -0.2) is 4.79 Å². The number of hydrogen-bond donors (Lipinski definition) is 2. The summed E-state index contributed by atoms with van der Waals surface area (Å²) < 4.78 is 0. The van der Waals surface area contributed by atoms with Gasteiger partial charge in [-0.1, -0.05) is 27.7 Å². The van der Waals surface area contributed by atoms with Gasteiger partial charge < -0.3 is 11.1 Å². The van der Waals surface area contributed by atoms with Gasteiger partial charge in [0.1, 0.15) is 5.54 Å². The molecule has 2 unspecified atom stereocenters. The van der Waals surface area contributed by atoms with Crippen molar-refractivity contribution in [3.05, 3.63) is 0 Å². The molecule has 0 bridgehead atoms. The van der Waals surface area contributed by atoms with Crippen molar-refractivity contribution in [3.63, 3.8) is 0 Å². The van der Waals surface area contributed by atoms with Crippen LogP contribution < -0.4 is 11.1 Å². The predicted molar refractivity (Wildman–Crippen MR) is 66.4 cm³/mol. The summed E-state index contributed by atoms with van der Waals surface area (Å²) in [5, 5.41) is 2.72. The standard InChI is InChI=1S/C12H23N3O2/c1-6-12(5)9(16)15(10(17)14-12)7-8(13)11(2,3)4/h8H,6-7,13H2,1-5H3,(H,14,17). The summed E-state index contributed by atoms with van der Waals surface area (Å²) >= 11 is 0. The summed E-state index contributed by atoms with van der Waals surface area (Å²) in [6.07, 6.45) is 0.582. The number of rotatable bonds is 3. The minimum absolute atomic E-state index is 0.133. The van der Waals surface area contributed by atoms with Crippen LogP contribution in [0, 0.1) is 5.41 Å². The van der Waals surface area contributed by atoms with Gasteiger partial charge in [0.2, 0.25) is 0 Å². The Balaban J connectivity index is 2.80. The van der Waals surface area contributed by atoms with Crippen LogP contribution in [-0.4, -0.2) is 35.0 Å². The second-order valence-electron chi connectivity index (χ2n) is 6.00. The summed E-state index contributed by atoms with van der Waals surface area (Å²) in [7, 11) is 0. The van der Waals surface area contributed by atoms with Crippen molar-refractivity contribution >= 4 is 11.9 Å². The zero-order chi connectivity index (χ0) is 13.4. The zero-order valence-electron chi connectivity index (χ0n) is 11.3. The number of nitrogens with one attached hydrogen (secondary N) is 1. The Morgan fingerprint density at radius 2 is 1.94 bits per heavy atom. The van der Waals surface area contributed by atoms with E-state index in [9.17, 15) is 9.59 Å². The van der Waals surface area contributed by atoms with E-state index >= 15 is 0 Å². The molecular weight excluding hydrogens is 218 g/mol. The molecule has 0 saturated carbocycles. The van der Waals surface area contributed by atoms with Crippen LogP contribution in [0.1, 0.15) is 41.0 Å². The van der Waals surface area contributed by atoms with Crippen LogP contribution in [0.3, 0.4) is 0 Å². The molecule has 1 rings (SSSR count). The Morgan fingerprint density at radius 3 is 2.29 bits per heavy atom. The molecule has 0 radical (unpaired) electrons. The number of nitrogens with two attached hydrogens (primary N) is 1. The van der Waals surface area contributed by atoms with Gasteiger partial charge >= 0.3 is 6.03 Å². The van der Waals surface area contributed by atoms with E-state index in [1.54, 1.807) is 6.92 Å². The number of nitrogens with zero attached hydrogens (tertiary/aromatic N) is 1.